The number of hydrogen-bond acceptors (Lipinski definition) is 7. The molecule has 4 aromatic heterocycles. The number of piperidine rings is 1. The van der Waals surface area contributed by atoms with Crippen molar-refractivity contribution in [1.82, 2.24) is 34.6 Å². The van der Waals surface area contributed by atoms with E-state index in [0.29, 0.717) is 6.04 Å². The second-order valence-corrected chi connectivity index (χ2v) is 9.22. The van der Waals surface area contributed by atoms with Crippen LogP contribution in [0, 0.1) is 0 Å². The molecule has 0 radical (unpaired) electrons. The Kier molecular flexibility index (Phi) is 5.79. The molecule has 1 saturated heterocycles. The highest BCUT2D eigenvalue weighted by Gasteiger charge is 2.21. The third-order valence-electron chi connectivity index (χ3n) is 6.85. The maximum absolute atomic E-state index is 4.77. The Labute approximate surface area is 204 Å². The molecule has 0 atom stereocenters. The largest absolute Gasteiger partial charge is 0.370 e. The van der Waals surface area contributed by atoms with Gasteiger partial charge in [0.1, 0.15) is 12.1 Å². The summed E-state index contributed by atoms with van der Waals surface area (Å²) in [6.45, 7) is 2.95. The molecule has 1 N–H and O–H groups in total. The van der Waals surface area contributed by atoms with Crippen LogP contribution in [-0.4, -0.2) is 61.3 Å². The molecule has 1 fully saturated rings. The highest BCUT2D eigenvalue weighted by atomic mass is 15.3. The van der Waals surface area contributed by atoms with Crippen molar-refractivity contribution in [2.24, 2.45) is 0 Å². The molecular formula is C27H28N8. The predicted octanol–water partition coefficient (Wildman–Crippen LogP) is 4.36. The molecule has 176 valence electrons. The van der Waals surface area contributed by atoms with Gasteiger partial charge >= 0.3 is 0 Å². The highest BCUT2D eigenvalue weighted by molar-refractivity contribution is 5.82. The van der Waals surface area contributed by atoms with Crippen LogP contribution in [0.1, 0.15) is 24.4 Å². The third kappa shape index (κ3) is 4.44. The van der Waals surface area contributed by atoms with Gasteiger partial charge in [-0.1, -0.05) is 24.3 Å². The second-order valence-electron chi connectivity index (χ2n) is 9.22. The van der Waals surface area contributed by atoms with Gasteiger partial charge in [-0.15, -0.1) is 0 Å². The number of rotatable bonds is 6. The summed E-state index contributed by atoms with van der Waals surface area (Å²) in [6, 6.07) is 14.9. The van der Waals surface area contributed by atoms with Crippen LogP contribution in [0.25, 0.3) is 33.2 Å². The van der Waals surface area contributed by atoms with Gasteiger partial charge in [0.05, 0.1) is 23.4 Å². The Morgan fingerprint density at radius 2 is 1.83 bits per heavy atom. The zero-order valence-electron chi connectivity index (χ0n) is 19.8. The molecule has 1 aromatic carbocycles. The molecular weight excluding hydrogens is 436 g/mol. The molecule has 0 aliphatic carbocycles. The zero-order valence-corrected chi connectivity index (χ0v) is 19.8. The number of benzene rings is 1. The molecule has 0 amide bonds. The van der Waals surface area contributed by atoms with Gasteiger partial charge in [0.2, 0.25) is 0 Å². The third-order valence-corrected chi connectivity index (χ3v) is 6.85. The zero-order chi connectivity index (χ0) is 23.6. The molecule has 8 heteroatoms. The Morgan fingerprint density at radius 1 is 0.943 bits per heavy atom. The first-order chi connectivity index (χ1) is 17.2. The summed E-state index contributed by atoms with van der Waals surface area (Å²) >= 11 is 0. The Balaban J connectivity index is 1.17. The van der Waals surface area contributed by atoms with E-state index in [1.165, 1.54) is 5.56 Å². The van der Waals surface area contributed by atoms with Gasteiger partial charge in [-0.25, -0.2) is 19.6 Å². The van der Waals surface area contributed by atoms with Crippen LogP contribution in [-0.2, 0) is 6.42 Å². The minimum Gasteiger partial charge on any atom is -0.370 e. The number of anilines is 1. The van der Waals surface area contributed by atoms with Crippen LogP contribution >= 0.6 is 0 Å². The molecule has 0 saturated carbocycles. The average Bonchev–Trinajstić information content (AvgIpc) is 3.33. The van der Waals surface area contributed by atoms with Crippen molar-refractivity contribution >= 4 is 27.8 Å². The van der Waals surface area contributed by atoms with Crippen molar-refractivity contribution in [1.29, 1.82) is 0 Å². The van der Waals surface area contributed by atoms with Gasteiger partial charge in [0.15, 0.2) is 5.65 Å². The molecule has 0 unspecified atom stereocenters. The first-order valence-electron chi connectivity index (χ1n) is 12.2. The number of para-hydroxylation sites is 1. The minimum atomic E-state index is 0.411. The predicted molar refractivity (Wildman–Crippen MR) is 138 cm³/mol. The normalized spacial score (nSPS) is 15.1. The summed E-state index contributed by atoms with van der Waals surface area (Å²) in [4.78, 5) is 20.6. The van der Waals surface area contributed by atoms with Crippen LogP contribution in [0.15, 0.2) is 67.4 Å². The van der Waals surface area contributed by atoms with E-state index in [-0.39, 0.29) is 0 Å². The average molecular weight is 465 g/mol. The number of nitrogens with one attached hydrogen (secondary N) is 1. The molecule has 6 rings (SSSR count). The topological polar surface area (TPSA) is 84.7 Å². The summed E-state index contributed by atoms with van der Waals surface area (Å²) in [5, 5.41) is 10.3. The quantitative estimate of drug-likeness (QED) is 0.400. The number of pyridine rings is 2. The van der Waals surface area contributed by atoms with E-state index in [9.17, 15) is 0 Å². The molecule has 1 aliphatic heterocycles. The molecule has 5 aromatic rings. The lowest BCUT2D eigenvalue weighted by atomic mass is 10.1. The fraction of sp³-hybridized carbons (Fsp3) is 0.296. The van der Waals surface area contributed by atoms with Crippen molar-refractivity contribution in [3.05, 3.63) is 72.9 Å². The van der Waals surface area contributed by atoms with E-state index in [4.69, 9.17) is 4.98 Å². The molecule has 35 heavy (non-hydrogen) atoms. The van der Waals surface area contributed by atoms with Crippen molar-refractivity contribution in [3.63, 3.8) is 0 Å². The van der Waals surface area contributed by atoms with Crippen LogP contribution in [0.5, 0.6) is 0 Å². The smallest absolute Gasteiger partial charge is 0.158 e. The first kappa shape index (κ1) is 21.6. The number of hydrogen-bond donors (Lipinski definition) is 1. The van der Waals surface area contributed by atoms with Gasteiger partial charge in [0, 0.05) is 41.3 Å². The lowest BCUT2D eigenvalue weighted by molar-refractivity contribution is 0.215. The van der Waals surface area contributed by atoms with Crippen molar-refractivity contribution in [2.45, 2.75) is 25.3 Å². The van der Waals surface area contributed by atoms with Gasteiger partial charge in [-0.05, 0) is 57.1 Å². The summed E-state index contributed by atoms with van der Waals surface area (Å²) < 4.78 is 2.10. The molecule has 0 bridgehead atoms. The minimum absolute atomic E-state index is 0.411. The number of likely N-dealkylation sites (tertiary alicyclic amines) is 1. The lowest BCUT2D eigenvalue weighted by Gasteiger charge is -2.29. The second kappa shape index (κ2) is 9.38. The summed E-state index contributed by atoms with van der Waals surface area (Å²) in [5.74, 6) is 0.797. The van der Waals surface area contributed by atoms with Gasteiger partial charge in [-0.3, -0.25) is 4.98 Å². The number of fused-ring (bicyclic) bond motifs is 2. The van der Waals surface area contributed by atoms with Crippen molar-refractivity contribution in [2.75, 3.05) is 32.0 Å². The summed E-state index contributed by atoms with van der Waals surface area (Å²) in [7, 11) is 2.17. The van der Waals surface area contributed by atoms with E-state index in [1.54, 1.807) is 6.33 Å². The fourth-order valence-electron chi connectivity index (χ4n) is 4.89. The maximum atomic E-state index is 4.77. The molecule has 1 aliphatic rings. The lowest BCUT2D eigenvalue weighted by Crippen LogP contribution is -2.31. The number of nitrogens with zero attached hydrogens (tertiary/aromatic N) is 7. The van der Waals surface area contributed by atoms with Crippen molar-refractivity contribution in [3.8, 4) is 11.3 Å². The Bertz CT molecular complexity index is 1460. The van der Waals surface area contributed by atoms with E-state index in [0.717, 1.165) is 77.9 Å². The van der Waals surface area contributed by atoms with E-state index >= 15 is 0 Å². The Hall–Kier alpha value is -3.91. The highest BCUT2D eigenvalue weighted by Crippen LogP contribution is 2.27. The molecule has 0 spiro atoms. The summed E-state index contributed by atoms with van der Waals surface area (Å²) in [6.07, 6.45) is 10.3. The maximum Gasteiger partial charge on any atom is 0.158 e. The van der Waals surface area contributed by atoms with E-state index < -0.39 is 0 Å². The van der Waals surface area contributed by atoms with Crippen LogP contribution in [0.2, 0.25) is 0 Å². The van der Waals surface area contributed by atoms with E-state index in [2.05, 4.69) is 72.3 Å². The first-order valence-corrected chi connectivity index (χ1v) is 12.2. The van der Waals surface area contributed by atoms with Gasteiger partial charge in [0.25, 0.3) is 0 Å². The van der Waals surface area contributed by atoms with Crippen LogP contribution in [0.4, 0.5) is 5.82 Å². The van der Waals surface area contributed by atoms with Crippen LogP contribution < -0.4 is 5.32 Å². The molecule has 8 nitrogen and oxygen atoms in total. The van der Waals surface area contributed by atoms with E-state index in [1.807, 2.05) is 30.7 Å². The summed E-state index contributed by atoms with van der Waals surface area (Å²) in [5.41, 5.74) is 5.03. The molecule has 5 heterocycles. The standard InChI is InChI=1S/C27H28N8/c1-34-12-8-23(9-13-34)35-27-22(17-33-35)14-21(16-30-27)24-15-25(32-18-31-24)28-11-7-20-5-2-4-19-6-3-10-29-26(19)20/h2-6,10,14-18,23H,7-9,11-13H2,1H3,(H,28,31,32). The van der Waals surface area contributed by atoms with Gasteiger partial charge in [-0.2, -0.15) is 5.10 Å². The van der Waals surface area contributed by atoms with Crippen LogP contribution in [0.3, 0.4) is 0 Å². The monoisotopic (exact) mass is 464 g/mol. The SMILES string of the molecule is CN1CCC(n2ncc3cc(-c4cc(NCCc5cccc6cccnc56)ncn4)cnc32)CC1. The van der Waals surface area contributed by atoms with Gasteiger partial charge < -0.3 is 10.2 Å². The number of aromatic nitrogens is 6. The van der Waals surface area contributed by atoms with Crippen molar-refractivity contribution < 1.29 is 0 Å². The Morgan fingerprint density at radius 3 is 2.74 bits per heavy atom. The fourth-order valence-corrected chi connectivity index (χ4v) is 4.89.